The van der Waals surface area contributed by atoms with Crippen LogP contribution in [0.2, 0.25) is 5.04 Å². The average molecular weight is 367 g/mol. The van der Waals surface area contributed by atoms with E-state index in [1.54, 1.807) is 0 Å². The first kappa shape index (κ1) is 19.6. The molecule has 1 aliphatic rings. The van der Waals surface area contributed by atoms with Gasteiger partial charge in [-0.1, -0.05) is 74.4 Å². The maximum atomic E-state index is 7.65. The summed E-state index contributed by atoms with van der Waals surface area (Å²) in [7, 11) is -2.43. The van der Waals surface area contributed by atoms with Gasteiger partial charge in [0.25, 0.3) is 0 Å². The zero-order valence-corrected chi connectivity index (χ0v) is 18.8. The second-order valence-corrected chi connectivity index (χ2v) is 16.0. The number of benzene rings is 1. The Kier molecular flexibility index (Phi) is 4.87. The van der Waals surface area contributed by atoms with Crippen molar-refractivity contribution in [2.24, 2.45) is 10.8 Å². The number of rotatable bonds is 2. The van der Waals surface area contributed by atoms with Crippen LogP contribution in [0.1, 0.15) is 62.3 Å². The van der Waals surface area contributed by atoms with Crippen LogP contribution >= 0.6 is 11.1 Å². The van der Waals surface area contributed by atoms with Gasteiger partial charge in [0.1, 0.15) is 0 Å². The van der Waals surface area contributed by atoms with E-state index in [0.717, 1.165) is 13.1 Å². The van der Waals surface area contributed by atoms with E-state index in [9.17, 15) is 0 Å². The molecule has 0 saturated heterocycles. The van der Waals surface area contributed by atoms with E-state index in [4.69, 9.17) is 11.1 Å². The number of fused-ring (bicyclic) bond motifs is 1. The number of hydrogen-bond donors (Lipinski definition) is 0. The minimum absolute atomic E-state index is 0.0318. The van der Waals surface area contributed by atoms with Crippen molar-refractivity contribution in [2.45, 2.75) is 67.4 Å². The van der Waals surface area contributed by atoms with Crippen LogP contribution in [0.3, 0.4) is 0 Å². The molecular formula is C20H35ClN2Si. The van der Waals surface area contributed by atoms with Crippen molar-refractivity contribution in [3.8, 4) is 0 Å². The van der Waals surface area contributed by atoms with Gasteiger partial charge >= 0.3 is 7.71 Å². The molecule has 0 aliphatic carbocycles. The zero-order valence-electron chi connectivity index (χ0n) is 17.0. The van der Waals surface area contributed by atoms with Crippen LogP contribution in [-0.4, -0.2) is 20.8 Å². The third-order valence-corrected chi connectivity index (χ3v) is 11.5. The Morgan fingerprint density at radius 1 is 0.750 bits per heavy atom. The first-order chi connectivity index (χ1) is 10.7. The summed E-state index contributed by atoms with van der Waals surface area (Å²) in [6.45, 7) is 22.7. The minimum atomic E-state index is -2.43. The first-order valence-corrected chi connectivity index (χ1v) is 11.9. The molecule has 0 bridgehead atoms. The van der Waals surface area contributed by atoms with Gasteiger partial charge in [0.2, 0.25) is 0 Å². The highest BCUT2D eigenvalue weighted by molar-refractivity contribution is 7.26. The topological polar surface area (TPSA) is 6.48 Å². The normalized spacial score (nSPS) is 18.1. The lowest BCUT2D eigenvalue weighted by Crippen LogP contribution is -2.66. The molecule has 1 aromatic carbocycles. The lowest BCUT2D eigenvalue weighted by molar-refractivity contribution is 0.419. The quantitative estimate of drug-likeness (QED) is 0.442. The predicted octanol–water partition coefficient (Wildman–Crippen LogP) is 6.38. The molecule has 0 fully saturated rings. The summed E-state index contributed by atoms with van der Waals surface area (Å²) < 4.78 is 5.13. The molecule has 0 spiro atoms. The standard InChI is InChI=1S/C20H35ClN2Si/c1-18(2,3)14-22-16-12-10-11-13-17(16)23(15-19(4,5)6)24(22,21)20(7,8)9/h10-13H,14-15H2,1-9H3. The van der Waals surface area contributed by atoms with E-state index >= 15 is 0 Å². The highest BCUT2D eigenvalue weighted by Crippen LogP contribution is 2.55. The fourth-order valence-electron chi connectivity index (χ4n) is 3.52. The number of hydrogen-bond acceptors (Lipinski definition) is 2. The Morgan fingerprint density at radius 2 is 1.08 bits per heavy atom. The summed E-state index contributed by atoms with van der Waals surface area (Å²) in [6.07, 6.45) is 0. The van der Waals surface area contributed by atoms with Gasteiger partial charge in [-0.05, 0) is 23.0 Å². The van der Waals surface area contributed by atoms with E-state index in [1.165, 1.54) is 11.4 Å². The average Bonchev–Trinajstić information content (AvgIpc) is 2.59. The van der Waals surface area contributed by atoms with E-state index < -0.39 is 7.71 Å². The van der Waals surface area contributed by atoms with E-state index in [-0.39, 0.29) is 15.9 Å². The summed E-state index contributed by atoms with van der Waals surface area (Å²) in [5.74, 6) is 0. The van der Waals surface area contributed by atoms with Gasteiger partial charge in [0.05, 0.1) is 11.4 Å². The molecule has 0 radical (unpaired) electrons. The number of anilines is 2. The molecule has 0 amide bonds. The first-order valence-electron chi connectivity index (χ1n) is 9.00. The Bertz CT molecular complexity index is 550. The maximum Gasteiger partial charge on any atom is 0.371 e. The van der Waals surface area contributed by atoms with Crippen molar-refractivity contribution >= 4 is 30.2 Å². The third kappa shape index (κ3) is 3.62. The van der Waals surface area contributed by atoms with Crippen LogP contribution < -0.4 is 9.13 Å². The predicted molar refractivity (Wildman–Crippen MR) is 111 cm³/mol. The van der Waals surface area contributed by atoms with Crippen molar-refractivity contribution in [2.75, 3.05) is 22.2 Å². The largest absolute Gasteiger partial charge is 0.371 e. The Labute approximate surface area is 155 Å². The highest BCUT2D eigenvalue weighted by Gasteiger charge is 2.60. The van der Waals surface area contributed by atoms with Crippen LogP contribution in [-0.2, 0) is 0 Å². The lowest BCUT2D eigenvalue weighted by atomic mass is 9.96. The van der Waals surface area contributed by atoms with Crippen LogP contribution in [0.15, 0.2) is 24.3 Å². The van der Waals surface area contributed by atoms with Crippen molar-refractivity contribution in [3.05, 3.63) is 24.3 Å². The highest BCUT2D eigenvalue weighted by atomic mass is 35.6. The van der Waals surface area contributed by atoms with Crippen molar-refractivity contribution in [1.29, 1.82) is 0 Å². The minimum Gasteiger partial charge on any atom is -0.367 e. The molecule has 1 aliphatic heterocycles. The molecule has 0 saturated carbocycles. The maximum absolute atomic E-state index is 7.65. The number of para-hydroxylation sites is 2. The molecule has 0 atom stereocenters. The van der Waals surface area contributed by atoms with Gasteiger partial charge in [-0.15, -0.1) is 11.1 Å². The molecule has 1 aromatic rings. The number of nitrogens with zero attached hydrogens (tertiary/aromatic N) is 2. The van der Waals surface area contributed by atoms with E-state index in [0.29, 0.717) is 0 Å². The second kappa shape index (κ2) is 5.95. The molecule has 2 nitrogen and oxygen atoms in total. The van der Waals surface area contributed by atoms with Crippen LogP contribution in [0.5, 0.6) is 0 Å². The van der Waals surface area contributed by atoms with E-state index in [1.807, 2.05) is 0 Å². The summed E-state index contributed by atoms with van der Waals surface area (Å²) in [5.41, 5.74) is 3.02. The summed E-state index contributed by atoms with van der Waals surface area (Å²) in [4.78, 5) is 0. The molecule has 136 valence electrons. The van der Waals surface area contributed by atoms with Gasteiger partial charge in [-0.2, -0.15) is 0 Å². The van der Waals surface area contributed by atoms with Gasteiger partial charge in [-0.3, -0.25) is 0 Å². The van der Waals surface area contributed by atoms with Crippen molar-refractivity contribution in [1.82, 2.24) is 0 Å². The Balaban J connectivity index is 2.65. The molecule has 0 unspecified atom stereocenters. The van der Waals surface area contributed by atoms with Gasteiger partial charge in [-0.25, -0.2) is 0 Å². The van der Waals surface area contributed by atoms with E-state index in [2.05, 4.69) is 95.7 Å². The summed E-state index contributed by atoms with van der Waals surface area (Å²) in [5, 5.41) is 0.0318. The molecule has 24 heavy (non-hydrogen) atoms. The van der Waals surface area contributed by atoms with Gasteiger partial charge in [0, 0.05) is 18.1 Å². The SMILES string of the molecule is CC(C)(C)CN1c2ccccc2N(CC(C)(C)C)[Si]1(Cl)C(C)(C)C. The summed E-state index contributed by atoms with van der Waals surface area (Å²) in [6, 6.07) is 8.78. The molecule has 0 aromatic heterocycles. The fraction of sp³-hybridized carbons (Fsp3) is 0.700. The third-order valence-electron chi connectivity index (χ3n) is 4.40. The second-order valence-electron chi connectivity index (χ2n) is 10.6. The Hall–Kier alpha value is -0.673. The molecule has 1 heterocycles. The van der Waals surface area contributed by atoms with Crippen LogP contribution in [0, 0.1) is 10.8 Å². The van der Waals surface area contributed by atoms with Crippen molar-refractivity contribution < 1.29 is 0 Å². The molecule has 4 heteroatoms. The molecular weight excluding hydrogens is 332 g/mol. The lowest BCUT2D eigenvalue weighted by Gasteiger charge is -2.49. The molecule has 0 N–H and O–H groups in total. The van der Waals surface area contributed by atoms with Gasteiger partial charge < -0.3 is 9.13 Å². The van der Waals surface area contributed by atoms with Crippen molar-refractivity contribution in [3.63, 3.8) is 0 Å². The monoisotopic (exact) mass is 366 g/mol. The van der Waals surface area contributed by atoms with Crippen LogP contribution in [0.4, 0.5) is 11.4 Å². The summed E-state index contributed by atoms with van der Waals surface area (Å²) >= 11 is 7.65. The zero-order chi connectivity index (χ0) is 18.6. The smallest absolute Gasteiger partial charge is 0.367 e. The van der Waals surface area contributed by atoms with Gasteiger partial charge in [0.15, 0.2) is 0 Å². The number of halogens is 1. The Morgan fingerprint density at radius 3 is 1.33 bits per heavy atom. The molecule has 2 rings (SSSR count). The van der Waals surface area contributed by atoms with Crippen LogP contribution in [0.25, 0.3) is 0 Å². The fourth-order valence-corrected chi connectivity index (χ4v) is 8.72.